The predicted molar refractivity (Wildman–Crippen MR) is 79.2 cm³/mol. The summed E-state index contributed by atoms with van der Waals surface area (Å²) in [5.74, 6) is -0.144. The first-order valence-electron chi connectivity index (χ1n) is 6.81. The van der Waals surface area contributed by atoms with E-state index >= 15 is 0 Å². The molecule has 2 unspecified atom stereocenters. The number of fused-ring (bicyclic) bond motifs is 1. The summed E-state index contributed by atoms with van der Waals surface area (Å²) >= 11 is 0. The topological polar surface area (TPSA) is 91.1 Å². The van der Waals surface area contributed by atoms with Crippen LogP contribution in [0.2, 0.25) is 0 Å². The zero-order valence-corrected chi connectivity index (χ0v) is 11.6. The lowest BCUT2D eigenvalue weighted by molar-refractivity contribution is -0.122. The van der Waals surface area contributed by atoms with Gasteiger partial charge in [-0.05, 0) is 24.0 Å². The number of aromatic nitrogens is 1. The van der Waals surface area contributed by atoms with Crippen LogP contribution in [0.1, 0.15) is 12.5 Å². The lowest BCUT2D eigenvalue weighted by Crippen LogP contribution is -2.43. The molecule has 0 aliphatic carbocycles. The molecule has 2 rings (SSSR count). The molecule has 2 atom stereocenters. The molecule has 0 radical (unpaired) electrons. The minimum absolute atomic E-state index is 0.0410. The summed E-state index contributed by atoms with van der Waals surface area (Å²) in [7, 11) is 0. The number of amides is 1. The van der Waals surface area contributed by atoms with E-state index in [0.717, 1.165) is 16.5 Å². The molecule has 1 aromatic heterocycles. The van der Waals surface area contributed by atoms with Gasteiger partial charge in [-0.3, -0.25) is 4.79 Å². The van der Waals surface area contributed by atoms with Gasteiger partial charge < -0.3 is 21.1 Å². The number of para-hydroxylation sites is 1. The van der Waals surface area contributed by atoms with Gasteiger partial charge in [-0.15, -0.1) is 0 Å². The molecule has 20 heavy (non-hydrogen) atoms. The first-order valence-corrected chi connectivity index (χ1v) is 6.81. The maximum Gasteiger partial charge on any atom is 0.237 e. The third kappa shape index (κ3) is 3.37. The van der Waals surface area contributed by atoms with Crippen molar-refractivity contribution in [2.45, 2.75) is 19.4 Å². The maximum atomic E-state index is 11.9. The molecule has 5 N–H and O–H groups in total. The largest absolute Gasteiger partial charge is 0.396 e. The van der Waals surface area contributed by atoms with E-state index in [1.165, 1.54) is 0 Å². The molecule has 0 saturated carbocycles. The summed E-state index contributed by atoms with van der Waals surface area (Å²) in [6, 6.07) is 7.35. The zero-order valence-electron chi connectivity index (χ0n) is 11.6. The van der Waals surface area contributed by atoms with Crippen LogP contribution >= 0.6 is 0 Å². The third-order valence-electron chi connectivity index (χ3n) is 3.39. The summed E-state index contributed by atoms with van der Waals surface area (Å²) in [4.78, 5) is 15.1. The minimum atomic E-state index is -0.583. The molecule has 1 aromatic carbocycles. The number of aliphatic hydroxyl groups is 1. The van der Waals surface area contributed by atoms with E-state index < -0.39 is 6.04 Å². The van der Waals surface area contributed by atoms with Crippen LogP contribution in [-0.2, 0) is 11.2 Å². The van der Waals surface area contributed by atoms with Gasteiger partial charge in [-0.1, -0.05) is 25.1 Å². The van der Waals surface area contributed by atoms with Crippen molar-refractivity contribution in [2.24, 2.45) is 11.7 Å². The van der Waals surface area contributed by atoms with E-state index in [0.29, 0.717) is 13.0 Å². The average molecular weight is 275 g/mol. The van der Waals surface area contributed by atoms with Crippen LogP contribution < -0.4 is 11.1 Å². The number of aromatic amines is 1. The monoisotopic (exact) mass is 275 g/mol. The molecule has 5 nitrogen and oxygen atoms in total. The molecule has 1 heterocycles. The second kappa shape index (κ2) is 6.54. The molecular formula is C15H21N3O2. The van der Waals surface area contributed by atoms with Crippen LogP contribution in [-0.4, -0.2) is 35.2 Å². The van der Waals surface area contributed by atoms with Crippen LogP contribution in [0.3, 0.4) is 0 Å². The zero-order chi connectivity index (χ0) is 14.5. The standard InChI is InChI=1S/C15H21N3O2/c1-10(9-19)7-18-15(20)13(16)6-11-8-17-14-5-3-2-4-12(11)14/h2-5,8,10,13,17,19H,6-7,9,16H2,1H3,(H,18,20). The number of rotatable bonds is 6. The van der Waals surface area contributed by atoms with Gasteiger partial charge in [0.25, 0.3) is 0 Å². The lowest BCUT2D eigenvalue weighted by Gasteiger charge is -2.14. The van der Waals surface area contributed by atoms with Gasteiger partial charge in [0, 0.05) is 30.3 Å². The first-order chi connectivity index (χ1) is 9.61. The van der Waals surface area contributed by atoms with E-state index in [2.05, 4.69) is 10.3 Å². The van der Waals surface area contributed by atoms with E-state index in [9.17, 15) is 4.79 Å². The molecule has 0 aliphatic rings. The second-order valence-electron chi connectivity index (χ2n) is 5.20. The Morgan fingerprint density at radius 1 is 1.45 bits per heavy atom. The highest BCUT2D eigenvalue weighted by molar-refractivity contribution is 5.86. The molecule has 0 aliphatic heterocycles. The molecule has 0 spiro atoms. The fourth-order valence-corrected chi connectivity index (χ4v) is 2.10. The number of benzene rings is 1. The molecule has 5 heteroatoms. The van der Waals surface area contributed by atoms with E-state index in [-0.39, 0.29) is 18.4 Å². The predicted octanol–water partition coefficient (Wildman–Crippen LogP) is 0.782. The minimum Gasteiger partial charge on any atom is -0.396 e. The highest BCUT2D eigenvalue weighted by Gasteiger charge is 2.16. The fraction of sp³-hybridized carbons (Fsp3) is 0.400. The van der Waals surface area contributed by atoms with Crippen molar-refractivity contribution in [3.05, 3.63) is 36.0 Å². The Morgan fingerprint density at radius 2 is 2.20 bits per heavy atom. The number of H-pyrrole nitrogens is 1. The van der Waals surface area contributed by atoms with Crippen molar-refractivity contribution < 1.29 is 9.90 Å². The number of hydrogen-bond donors (Lipinski definition) is 4. The molecular weight excluding hydrogens is 254 g/mol. The van der Waals surface area contributed by atoms with Crippen molar-refractivity contribution >= 4 is 16.8 Å². The van der Waals surface area contributed by atoms with Crippen molar-refractivity contribution in [3.63, 3.8) is 0 Å². The van der Waals surface area contributed by atoms with Crippen LogP contribution in [0.15, 0.2) is 30.5 Å². The first kappa shape index (κ1) is 14.6. The van der Waals surface area contributed by atoms with Crippen LogP contribution in [0.4, 0.5) is 0 Å². The summed E-state index contributed by atoms with van der Waals surface area (Å²) < 4.78 is 0. The number of hydrogen-bond acceptors (Lipinski definition) is 3. The van der Waals surface area contributed by atoms with E-state index in [1.807, 2.05) is 37.4 Å². The maximum absolute atomic E-state index is 11.9. The Labute approximate surface area is 118 Å². The number of carbonyl (C=O) groups is 1. The number of aliphatic hydroxyl groups excluding tert-OH is 1. The molecule has 108 valence electrons. The Morgan fingerprint density at radius 3 is 2.95 bits per heavy atom. The van der Waals surface area contributed by atoms with Crippen molar-refractivity contribution in [1.29, 1.82) is 0 Å². The average Bonchev–Trinajstić information content (AvgIpc) is 2.87. The smallest absolute Gasteiger partial charge is 0.237 e. The summed E-state index contributed by atoms with van der Waals surface area (Å²) in [5, 5.41) is 12.8. The Balaban J connectivity index is 1.97. The van der Waals surface area contributed by atoms with Gasteiger partial charge in [0.1, 0.15) is 0 Å². The quantitative estimate of drug-likeness (QED) is 0.628. The SMILES string of the molecule is CC(CO)CNC(=O)C(N)Cc1c[nH]c2ccccc12. The summed E-state index contributed by atoms with van der Waals surface area (Å²) in [6.45, 7) is 2.36. The van der Waals surface area contributed by atoms with Gasteiger partial charge >= 0.3 is 0 Å². The molecule has 0 fully saturated rings. The van der Waals surface area contributed by atoms with Crippen LogP contribution in [0.5, 0.6) is 0 Å². The highest BCUT2D eigenvalue weighted by Crippen LogP contribution is 2.18. The number of nitrogens with two attached hydrogens (primary N) is 1. The number of nitrogens with one attached hydrogen (secondary N) is 2. The molecule has 0 bridgehead atoms. The molecule has 2 aromatic rings. The van der Waals surface area contributed by atoms with Crippen molar-refractivity contribution in [3.8, 4) is 0 Å². The lowest BCUT2D eigenvalue weighted by atomic mass is 10.0. The Hall–Kier alpha value is -1.85. The van der Waals surface area contributed by atoms with E-state index in [1.54, 1.807) is 0 Å². The third-order valence-corrected chi connectivity index (χ3v) is 3.39. The Bertz CT molecular complexity index is 579. The molecule has 1 amide bonds. The van der Waals surface area contributed by atoms with Crippen molar-refractivity contribution in [1.82, 2.24) is 10.3 Å². The fourth-order valence-electron chi connectivity index (χ4n) is 2.10. The van der Waals surface area contributed by atoms with Gasteiger partial charge in [0.05, 0.1) is 6.04 Å². The molecule has 0 saturated heterocycles. The summed E-state index contributed by atoms with van der Waals surface area (Å²) in [6.07, 6.45) is 2.39. The second-order valence-corrected chi connectivity index (χ2v) is 5.20. The van der Waals surface area contributed by atoms with Gasteiger partial charge in [0.2, 0.25) is 5.91 Å². The normalized spacial score (nSPS) is 14.2. The highest BCUT2D eigenvalue weighted by atomic mass is 16.3. The van der Waals surface area contributed by atoms with Gasteiger partial charge in [-0.25, -0.2) is 0 Å². The Kier molecular flexibility index (Phi) is 4.76. The van der Waals surface area contributed by atoms with E-state index in [4.69, 9.17) is 10.8 Å². The van der Waals surface area contributed by atoms with Gasteiger partial charge in [-0.2, -0.15) is 0 Å². The van der Waals surface area contributed by atoms with Crippen LogP contribution in [0, 0.1) is 5.92 Å². The van der Waals surface area contributed by atoms with Crippen molar-refractivity contribution in [2.75, 3.05) is 13.2 Å². The van der Waals surface area contributed by atoms with Gasteiger partial charge in [0.15, 0.2) is 0 Å². The van der Waals surface area contributed by atoms with Crippen LogP contribution in [0.25, 0.3) is 10.9 Å². The number of carbonyl (C=O) groups excluding carboxylic acids is 1. The summed E-state index contributed by atoms with van der Waals surface area (Å²) in [5.41, 5.74) is 8.02.